The van der Waals surface area contributed by atoms with Crippen molar-refractivity contribution in [1.82, 2.24) is 20.6 Å². The van der Waals surface area contributed by atoms with Crippen LogP contribution in [-0.2, 0) is 0 Å². The molecule has 2 aliphatic heterocycles. The molecule has 1 aliphatic carbocycles. The van der Waals surface area contributed by atoms with E-state index in [2.05, 4.69) is 51.0 Å². The maximum Gasteiger partial charge on any atom is 0.138 e. The SMILES string of the molecule is C(=C[C@@H]1CCCNC1)c1cncc(OCC2CC2)c1.Clc1ccc(C=CC2CCNCC2)cn1. The third-order valence-electron chi connectivity index (χ3n) is 6.51. The standard InChI is InChI=1S/C16H22N2O.C12H15ClN2/c1-2-13(9-17-7-1)3-6-15-8-16(11-18-10-15)19-12-14-4-5-14;13-12-4-3-11(9-15-12)2-1-10-5-7-14-8-6-10/h3,6,8,10-11,13-14,17H,1-2,4-5,7,9,12H2;1-4,9-10,14H,5-8H2/t13-;/m0./s1. The van der Waals surface area contributed by atoms with Crippen molar-refractivity contribution in [3.05, 3.63) is 65.2 Å². The summed E-state index contributed by atoms with van der Waals surface area (Å²) in [6, 6.07) is 5.90. The zero-order valence-electron chi connectivity index (χ0n) is 20.0. The number of hydrogen-bond donors (Lipinski definition) is 2. The number of piperidine rings is 2. The Morgan fingerprint density at radius 2 is 1.71 bits per heavy atom. The monoisotopic (exact) mass is 480 g/mol. The summed E-state index contributed by atoms with van der Waals surface area (Å²) in [5.41, 5.74) is 2.26. The van der Waals surface area contributed by atoms with E-state index in [1.807, 2.05) is 24.5 Å². The summed E-state index contributed by atoms with van der Waals surface area (Å²) in [5, 5.41) is 7.34. The molecule has 5 nitrogen and oxygen atoms in total. The molecule has 3 fully saturated rings. The number of pyridine rings is 2. The number of nitrogens with zero attached hydrogens (tertiary/aromatic N) is 2. The lowest BCUT2D eigenvalue weighted by atomic mass is 9.97. The molecule has 2 saturated heterocycles. The van der Waals surface area contributed by atoms with Crippen LogP contribution in [0.4, 0.5) is 0 Å². The molecular weight excluding hydrogens is 444 g/mol. The summed E-state index contributed by atoms with van der Waals surface area (Å²) in [6.45, 7) is 5.38. The van der Waals surface area contributed by atoms with Crippen LogP contribution in [-0.4, -0.2) is 42.8 Å². The summed E-state index contributed by atoms with van der Waals surface area (Å²) in [6.07, 6.45) is 22.1. The average Bonchev–Trinajstić information content (AvgIpc) is 3.73. The van der Waals surface area contributed by atoms with Gasteiger partial charge in [0.1, 0.15) is 10.9 Å². The highest BCUT2D eigenvalue weighted by atomic mass is 35.5. The molecule has 0 spiro atoms. The van der Waals surface area contributed by atoms with Crippen molar-refractivity contribution in [3.8, 4) is 5.75 Å². The Kier molecular flexibility index (Phi) is 9.97. The Morgan fingerprint density at radius 3 is 2.44 bits per heavy atom. The van der Waals surface area contributed by atoms with Crippen molar-refractivity contribution < 1.29 is 4.74 Å². The largest absolute Gasteiger partial charge is 0.492 e. The van der Waals surface area contributed by atoms with Gasteiger partial charge in [0.2, 0.25) is 0 Å². The summed E-state index contributed by atoms with van der Waals surface area (Å²) < 4.78 is 5.75. The van der Waals surface area contributed by atoms with Crippen LogP contribution >= 0.6 is 11.6 Å². The topological polar surface area (TPSA) is 59.1 Å². The highest BCUT2D eigenvalue weighted by molar-refractivity contribution is 6.29. The molecule has 0 radical (unpaired) electrons. The van der Waals surface area contributed by atoms with Crippen LogP contribution in [0.5, 0.6) is 5.75 Å². The van der Waals surface area contributed by atoms with E-state index in [4.69, 9.17) is 16.3 Å². The molecule has 0 bridgehead atoms. The van der Waals surface area contributed by atoms with Crippen LogP contribution in [0.25, 0.3) is 12.2 Å². The van der Waals surface area contributed by atoms with E-state index in [0.717, 1.165) is 55.6 Å². The lowest BCUT2D eigenvalue weighted by Gasteiger charge is -2.19. The van der Waals surface area contributed by atoms with Crippen LogP contribution in [0.15, 0.2) is 48.9 Å². The molecule has 0 unspecified atom stereocenters. The second-order valence-corrected chi connectivity index (χ2v) is 9.92. The number of nitrogens with one attached hydrogen (secondary N) is 2. The van der Waals surface area contributed by atoms with E-state index in [1.54, 1.807) is 6.20 Å². The Hall–Kier alpha value is -2.21. The normalized spacial score (nSPS) is 21.4. The van der Waals surface area contributed by atoms with E-state index in [0.29, 0.717) is 17.0 Å². The first-order chi connectivity index (χ1) is 16.7. The molecular formula is C28H37ClN4O. The third kappa shape index (κ3) is 9.21. The van der Waals surface area contributed by atoms with E-state index in [9.17, 15) is 0 Å². The van der Waals surface area contributed by atoms with Gasteiger partial charge < -0.3 is 15.4 Å². The van der Waals surface area contributed by atoms with Gasteiger partial charge in [0, 0.05) is 18.9 Å². The summed E-state index contributed by atoms with van der Waals surface area (Å²) in [5.74, 6) is 3.05. The summed E-state index contributed by atoms with van der Waals surface area (Å²) >= 11 is 5.72. The molecule has 6 heteroatoms. The van der Waals surface area contributed by atoms with Gasteiger partial charge in [-0.05, 0) is 99.2 Å². The van der Waals surface area contributed by atoms with Crippen LogP contribution in [0.2, 0.25) is 5.15 Å². The molecule has 2 N–H and O–H groups in total. The zero-order valence-corrected chi connectivity index (χ0v) is 20.7. The van der Waals surface area contributed by atoms with E-state index >= 15 is 0 Å². The molecule has 34 heavy (non-hydrogen) atoms. The van der Waals surface area contributed by atoms with Gasteiger partial charge in [-0.3, -0.25) is 4.98 Å². The molecule has 1 saturated carbocycles. The zero-order chi connectivity index (χ0) is 23.4. The summed E-state index contributed by atoms with van der Waals surface area (Å²) in [4.78, 5) is 8.30. The van der Waals surface area contributed by atoms with Crippen molar-refractivity contribution in [2.75, 3.05) is 32.8 Å². The van der Waals surface area contributed by atoms with Crippen molar-refractivity contribution in [2.24, 2.45) is 17.8 Å². The molecule has 0 aromatic carbocycles. The molecule has 182 valence electrons. The first-order valence-corrected chi connectivity index (χ1v) is 13.1. The van der Waals surface area contributed by atoms with Crippen molar-refractivity contribution in [3.63, 3.8) is 0 Å². The average molecular weight is 481 g/mol. The molecule has 0 amide bonds. The van der Waals surface area contributed by atoms with E-state index in [1.165, 1.54) is 38.5 Å². The minimum Gasteiger partial charge on any atom is -0.492 e. The Bertz CT molecular complexity index is 914. The Balaban J connectivity index is 0.000000166. The molecule has 2 aromatic heterocycles. The Labute approximate surface area is 209 Å². The summed E-state index contributed by atoms with van der Waals surface area (Å²) in [7, 11) is 0. The van der Waals surface area contributed by atoms with Crippen LogP contribution in [0, 0.1) is 17.8 Å². The van der Waals surface area contributed by atoms with Gasteiger partial charge in [-0.2, -0.15) is 0 Å². The van der Waals surface area contributed by atoms with Crippen molar-refractivity contribution in [1.29, 1.82) is 0 Å². The van der Waals surface area contributed by atoms with E-state index in [-0.39, 0.29) is 0 Å². The fourth-order valence-electron chi connectivity index (χ4n) is 4.16. The highest BCUT2D eigenvalue weighted by Crippen LogP contribution is 2.29. The van der Waals surface area contributed by atoms with Crippen molar-refractivity contribution in [2.45, 2.75) is 38.5 Å². The van der Waals surface area contributed by atoms with Gasteiger partial charge in [0.05, 0.1) is 12.8 Å². The lowest BCUT2D eigenvalue weighted by Crippen LogP contribution is -2.28. The van der Waals surface area contributed by atoms with Crippen molar-refractivity contribution >= 4 is 23.8 Å². The minimum atomic E-state index is 0.550. The predicted molar refractivity (Wildman–Crippen MR) is 141 cm³/mol. The second-order valence-electron chi connectivity index (χ2n) is 9.53. The maximum absolute atomic E-state index is 5.75. The predicted octanol–water partition coefficient (Wildman–Crippen LogP) is 5.63. The fourth-order valence-corrected chi connectivity index (χ4v) is 4.28. The van der Waals surface area contributed by atoms with Crippen LogP contribution in [0.1, 0.15) is 49.7 Å². The van der Waals surface area contributed by atoms with Gasteiger partial charge >= 0.3 is 0 Å². The third-order valence-corrected chi connectivity index (χ3v) is 6.73. The van der Waals surface area contributed by atoms with Crippen LogP contribution < -0.4 is 15.4 Å². The first kappa shape index (κ1) is 24.9. The number of halogens is 1. The number of ether oxygens (including phenoxy) is 1. The fraction of sp³-hybridized carbons (Fsp3) is 0.500. The second kappa shape index (κ2) is 13.6. The quantitative estimate of drug-likeness (QED) is 0.503. The van der Waals surface area contributed by atoms with Gasteiger partial charge in [-0.1, -0.05) is 42.0 Å². The smallest absolute Gasteiger partial charge is 0.138 e. The molecule has 2 aromatic rings. The molecule has 5 rings (SSSR count). The first-order valence-electron chi connectivity index (χ1n) is 12.7. The lowest BCUT2D eigenvalue weighted by molar-refractivity contribution is 0.298. The molecule has 4 heterocycles. The minimum absolute atomic E-state index is 0.550. The number of hydrogen-bond acceptors (Lipinski definition) is 5. The van der Waals surface area contributed by atoms with Gasteiger partial charge in [0.25, 0.3) is 0 Å². The molecule has 3 aliphatic rings. The Morgan fingerprint density at radius 1 is 0.882 bits per heavy atom. The molecule has 1 atom stereocenters. The van der Waals surface area contributed by atoms with Crippen LogP contribution in [0.3, 0.4) is 0 Å². The number of rotatable bonds is 7. The van der Waals surface area contributed by atoms with E-state index < -0.39 is 0 Å². The van der Waals surface area contributed by atoms with Gasteiger partial charge in [-0.25, -0.2) is 4.98 Å². The number of aromatic nitrogens is 2. The maximum atomic E-state index is 5.75. The van der Waals surface area contributed by atoms with Gasteiger partial charge in [-0.15, -0.1) is 0 Å². The number of allylic oxidation sites excluding steroid dienone is 1. The van der Waals surface area contributed by atoms with Gasteiger partial charge in [0.15, 0.2) is 0 Å². The highest BCUT2D eigenvalue weighted by Gasteiger charge is 2.21.